The normalized spacial score (nSPS) is 30.3. The fourth-order valence-corrected chi connectivity index (χ4v) is 6.75. The summed E-state index contributed by atoms with van der Waals surface area (Å²) in [6, 6.07) is -1.16. The van der Waals surface area contributed by atoms with E-state index in [2.05, 4.69) is 5.32 Å². The van der Waals surface area contributed by atoms with Crippen molar-refractivity contribution >= 4 is 64.4 Å². The topological polar surface area (TPSA) is 215 Å². The van der Waals surface area contributed by atoms with Gasteiger partial charge in [0.2, 0.25) is 5.91 Å². The molecule has 0 bridgehead atoms. The van der Waals surface area contributed by atoms with Crippen molar-refractivity contribution < 1.29 is 76.2 Å². The predicted octanol–water partition coefficient (Wildman–Crippen LogP) is 0.233. The third-order valence-electron chi connectivity index (χ3n) is 6.42. The molecule has 2 heterocycles. The van der Waals surface area contributed by atoms with Crippen molar-refractivity contribution in [1.82, 2.24) is 5.32 Å². The average Bonchev–Trinajstić information content (AvgIpc) is 2.94. The Balaban J connectivity index is 2.66. The zero-order chi connectivity index (χ0) is 35.4. The maximum atomic E-state index is 12.3. The van der Waals surface area contributed by atoms with Gasteiger partial charge in [0.15, 0.2) is 42.1 Å². The second-order valence-corrected chi connectivity index (χ2v) is 12.9. The number of hydrogen-bond acceptors (Lipinski definition) is 18. The van der Waals surface area contributed by atoms with Crippen molar-refractivity contribution in [3.63, 3.8) is 0 Å². The van der Waals surface area contributed by atoms with Gasteiger partial charge in [-0.2, -0.15) is 0 Å². The summed E-state index contributed by atoms with van der Waals surface area (Å²) in [5, 5.41) is 2.77. The van der Waals surface area contributed by atoms with Crippen LogP contribution < -0.4 is 5.32 Å². The molecule has 2 aliphatic heterocycles. The van der Waals surface area contributed by atoms with Gasteiger partial charge >= 0.3 is 29.8 Å². The number of nitrogens with one attached hydrogen (secondary N) is 1. The minimum Gasteiger partial charge on any atom is -0.463 e. The van der Waals surface area contributed by atoms with E-state index in [1.165, 1.54) is 32.7 Å². The molecule has 0 aromatic heterocycles. The molecule has 266 valence electrons. The summed E-state index contributed by atoms with van der Waals surface area (Å²) in [5.74, 6) is -4.35. The summed E-state index contributed by atoms with van der Waals surface area (Å²) < 4.78 is 51.3. The molecule has 0 aromatic rings. The second-order valence-electron chi connectivity index (χ2n) is 10.4. The Morgan fingerprint density at radius 2 is 1.17 bits per heavy atom. The van der Waals surface area contributed by atoms with Gasteiger partial charge in [0.05, 0.1) is 0 Å². The number of hydrogen-bond donors (Lipinski definition) is 1. The Morgan fingerprint density at radius 1 is 0.638 bits per heavy atom. The smallest absolute Gasteiger partial charge is 0.303 e. The van der Waals surface area contributed by atoms with E-state index < -0.39 is 104 Å². The summed E-state index contributed by atoms with van der Waals surface area (Å²) in [4.78, 5) is 84.6. The van der Waals surface area contributed by atoms with Crippen LogP contribution in [-0.2, 0) is 76.2 Å². The van der Waals surface area contributed by atoms with Gasteiger partial charge in [-0.25, -0.2) is 0 Å². The lowest BCUT2D eigenvalue weighted by Gasteiger charge is -2.49. The highest BCUT2D eigenvalue weighted by Crippen LogP contribution is 2.35. The van der Waals surface area contributed by atoms with Crippen LogP contribution in [0.15, 0.2) is 0 Å². The summed E-state index contributed by atoms with van der Waals surface area (Å²) in [5.41, 5.74) is 0. The molecule has 10 atom stereocenters. The Labute approximate surface area is 280 Å². The van der Waals surface area contributed by atoms with Crippen LogP contribution in [0.4, 0.5) is 0 Å². The van der Waals surface area contributed by atoms with E-state index >= 15 is 0 Å². The average molecular weight is 712 g/mol. The van der Waals surface area contributed by atoms with Crippen LogP contribution >= 0.6 is 23.5 Å². The molecule has 2 fully saturated rings. The summed E-state index contributed by atoms with van der Waals surface area (Å²) in [7, 11) is 1.28. The van der Waals surface area contributed by atoms with Crippen LogP contribution in [0.2, 0.25) is 0 Å². The summed E-state index contributed by atoms with van der Waals surface area (Å²) >= 11 is 2.27. The lowest BCUT2D eigenvalue weighted by Crippen LogP contribution is -2.69. The molecule has 2 rings (SSSR count). The molecule has 17 nitrogen and oxygen atoms in total. The Hall–Kier alpha value is -2.97. The van der Waals surface area contributed by atoms with Gasteiger partial charge in [-0.15, -0.1) is 11.8 Å². The van der Waals surface area contributed by atoms with Crippen LogP contribution in [0.1, 0.15) is 48.5 Å². The number of amides is 1. The summed E-state index contributed by atoms with van der Waals surface area (Å²) in [6.45, 7) is 7.74. The summed E-state index contributed by atoms with van der Waals surface area (Å²) in [6.07, 6.45) is -12.2. The van der Waals surface area contributed by atoms with Gasteiger partial charge in [0.25, 0.3) is 0 Å². The van der Waals surface area contributed by atoms with E-state index in [-0.39, 0.29) is 10.9 Å². The Bertz CT molecular complexity index is 1150. The van der Waals surface area contributed by atoms with Crippen LogP contribution in [0.5, 0.6) is 0 Å². The largest absolute Gasteiger partial charge is 0.463 e. The monoisotopic (exact) mass is 711 g/mol. The van der Waals surface area contributed by atoms with E-state index in [4.69, 9.17) is 42.6 Å². The Morgan fingerprint density at radius 3 is 1.68 bits per heavy atom. The molecule has 0 spiro atoms. The molecule has 47 heavy (non-hydrogen) atoms. The molecule has 2 aliphatic rings. The zero-order valence-corrected chi connectivity index (χ0v) is 28.9. The van der Waals surface area contributed by atoms with Crippen molar-refractivity contribution in [3.05, 3.63) is 0 Å². The number of methoxy groups -OCH3 is 1. The molecular weight excluding hydrogens is 670 g/mol. The van der Waals surface area contributed by atoms with Crippen LogP contribution in [0.25, 0.3) is 0 Å². The molecule has 0 radical (unpaired) electrons. The van der Waals surface area contributed by atoms with Crippen LogP contribution in [0.3, 0.4) is 0 Å². The van der Waals surface area contributed by atoms with Crippen molar-refractivity contribution in [2.45, 2.75) is 110 Å². The van der Waals surface area contributed by atoms with Gasteiger partial charge in [0, 0.05) is 66.4 Å². The quantitative estimate of drug-likeness (QED) is 0.110. The van der Waals surface area contributed by atoms with E-state index in [1.54, 1.807) is 0 Å². The third-order valence-corrected chi connectivity index (χ3v) is 8.53. The second kappa shape index (κ2) is 19.1. The molecule has 0 aromatic carbocycles. The number of carbonyl (C=O) groups is 7. The van der Waals surface area contributed by atoms with Gasteiger partial charge in [-0.05, 0) is 0 Å². The maximum absolute atomic E-state index is 12.3. The molecule has 1 N–H and O–H groups in total. The first-order valence-corrected chi connectivity index (χ1v) is 16.5. The van der Waals surface area contributed by atoms with Gasteiger partial charge < -0.3 is 47.9 Å². The van der Waals surface area contributed by atoms with Crippen LogP contribution in [-0.4, -0.2) is 127 Å². The highest BCUT2D eigenvalue weighted by molar-refractivity contribution is 8.23. The highest BCUT2D eigenvalue weighted by atomic mass is 32.2. The predicted molar refractivity (Wildman–Crippen MR) is 161 cm³/mol. The molecule has 2 saturated heterocycles. The van der Waals surface area contributed by atoms with Gasteiger partial charge in [-0.3, -0.25) is 33.6 Å². The molecule has 0 unspecified atom stereocenters. The minimum atomic E-state index is -1.62. The van der Waals surface area contributed by atoms with E-state index in [0.717, 1.165) is 46.4 Å². The number of ether oxygens (including phenoxy) is 9. The first-order chi connectivity index (χ1) is 22.0. The van der Waals surface area contributed by atoms with Crippen molar-refractivity contribution in [3.8, 4) is 0 Å². The fourth-order valence-electron chi connectivity index (χ4n) is 4.87. The number of thioether (sulfide) groups is 2. The van der Waals surface area contributed by atoms with Crippen molar-refractivity contribution in [1.29, 1.82) is 0 Å². The molecule has 1 amide bonds. The molecular formula is C28H41NO16S2. The molecule has 19 heteroatoms. The number of rotatable bonds is 14. The fraction of sp³-hybridized carbons (Fsp3) is 0.750. The van der Waals surface area contributed by atoms with Gasteiger partial charge in [0.1, 0.15) is 31.0 Å². The first kappa shape index (κ1) is 40.2. The third kappa shape index (κ3) is 12.9. The Kier molecular flexibility index (Phi) is 16.4. The van der Waals surface area contributed by atoms with Gasteiger partial charge in [-0.1, -0.05) is 11.8 Å². The highest BCUT2D eigenvalue weighted by Gasteiger charge is 2.56. The number of esters is 5. The maximum Gasteiger partial charge on any atom is 0.303 e. The lowest BCUT2D eigenvalue weighted by atomic mass is 9.95. The zero-order valence-electron chi connectivity index (χ0n) is 27.2. The van der Waals surface area contributed by atoms with Crippen LogP contribution in [0, 0.1) is 0 Å². The standard InChI is InChI=1S/C28H41NO16S2/c1-12(30)29-21-24(40-15(4)33)22(19(9-38-13(2)31)43-27(21)37-8)45-28-26(42-17(6)35)25(41-16(5)34)23(39-14(3)32)20(44-28)10-46-11-47-18(7)36/h19-28H,9-11H2,1-8H3,(H,29,30)/t19-,20-,21-,22-,23+,24-,25+,26-,27-,28+/m1/s1. The lowest BCUT2D eigenvalue weighted by molar-refractivity contribution is -0.344. The molecule has 0 saturated carbocycles. The number of carbonyl (C=O) groups excluding carboxylic acids is 7. The van der Waals surface area contributed by atoms with Crippen molar-refractivity contribution in [2.75, 3.05) is 24.6 Å². The van der Waals surface area contributed by atoms with E-state index in [0.29, 0.717) is 5.08 Å². The first-order valence-electron chi connectivity index (χ1n) is 14.3. The minimum absolute atomic E-state index is 0.0777. The van der Waals surface area contributed by atoms with E-state index in [1.807, 2.05) is 0 Å². The molecule has 0 aliphatic carbocycles. The SMILES string of the molecule is CO[C@@H]1O[C@H](COC(C)=O)[C@@H](O[C@@H]2O[C@H](CSCSC(C)=O)[C@H](OC(C)=O)[C@H](OC(C)=O)[C@H]2OC(C)=O)[C@H](OC(C)=O)[C@H]1NC(C)=O. The van der Waals surface area contributed by atoms with E-state index in [9.17, 15) is 33.6 Å². The van der Waals surface area contributed by atoms with Crippen molar-refractivity contribution in [2.24, 2.45) is 0 Å².